The average molecular weight is 582 g/mol. The number of carbonyl (C=O) groups excluding carboxylic acids is 3. The van der Waals surface area contributed by atoms with E-state index in [1.54, 1.807) is 36.4 Å². The second kappa shape index (κ2) is 10.8. The number of methoxy groups -OCH3 is 1. The zero-order chi connectivity index (χ0) is 23.3. The molecule has 0 spiro atoms. The summed E-state index contributed by atoms with van der Waals surface area (Å²) in [6.07, 6.45) is 0. The molecule has 2 N–H and O–H groups in total. The standard InChI is InChI=1S/C22H17ClIN3O4S/c1-31-22(30)19-18(14-4-2-3-5-16(14)23)15(10-25)21(27-20(19)29)32-11-17(28)26-13-8-6-12(24)7-9-13/h2-9,18-19H,11H2,1H3,(H,26,28)(H,27,29). The van der Waals surface area contributed by atoms with Crippen molar-refractivity contribution in [2.45, 2.75) is 5.92 Å². The van der Waals surface area contributed by atoms with E-state index in [0.717, 1.165) is 15.3 Å². The molecule has 0 saturated carbocycles. The lowest BCUT2D eigenvalue weighted by molar-refractivity contribution is -0.150. The number of thioether (sulfide) groups is 1. The summed E-state index contributed by atoms with van der Waals surface area (Å²) >= 11 is 9.50. The first-order valence-corrected chi connectivity index (χ1v) is 11.8. The lowest BCUT2D eigenvalue weighted by atomic mass is 9.78. The van der Waals surface area contributed by atoms with Crippen molar-refractivity contribution in [2.75, 3.05) is 18.2 Å². The van der Waals surface area contributed by atoms with Crippen LogP contribution in [0, 0.1) is 20.8 Å². The normalized spacial score (nSPS) is 17.9. The minimum atomic E-state index is -1.28. The molecular weight excluding hydrogens is 565 g/mol. The third-order valence-electron chi connectivity index (χ3n) is 4.70. The SMILES string of the molecule is COC(=O)C1C(=O)NC(SCC(=O)Nc2ccc(I)cc2)=C(C#N)C1c1ccccc1Cl. The maximum atomic E-state index is 12.8. The van der Waals surface area contributed by atoms with Crippen molar-refractivity contribution in [1.29, 1.82) is 5.26 Å². The highest BCUT2D eigenvalue weighted by Gasteiger charge is 2.45. The Morgan fingerprint density at radius 1 is 1.25 bits per heavy atom. The van der Waals surface area contributed by atoms with Gasteiger partial charge in [-0.25, -0.2) is 0 Å². The van der Waals surface area contributed by atoms with Crippen molar-refractivity contribution in [3.63, 3.8) is 0 Å². The number of nitriles is 1. The van der Waals surface area contributed by atoms with Crippen LogP contribution >= 0.6 is 46.0 Å². The van der Waals surface area contributed by atoms with Gasteiger partial charge < -0.3 is 15.4 Å². The zero-order valence-corrected chi connectivity index (χ0v) is 20.5. The number of hydrogen-bond acceptors (Lipinski definition) is 6. The van der Waals surface area contributed by atoms with Gasteiger partial charge >= 0.3 is 5.97 Å². The number of hydrogen-bond donors (Lipinski definition) is 2. The summed E-state index contributed by atoms with van der Waals surface area (Å²) in [5, 5.41) is 15.8. The van der Waals surface area contributed by atoms with E-state index in [0.29, 0.717) is 16.3 Å². The van der Waals surface area contributed by atoms with Crippen LogP contribution in [0.5, 0.6) is 0 Å². The predicted octanol–water partition coefficient (Wildman–Crippen LogP) is 4.05. The van der Waals surface area contributed by atoms with Crippen molar-refractivity contribution >= 4 is 69.4 Å². The highest BCUT2D eigenvalue weighted by atomic mass is 127. The number of esters is 1. The smallest absolute Gasteiger partial charge is 0.319 e. The van der Waals surface area contributed by atoms with Crippen LogP contribution in [0.2, 0.25) is 5.02 Å². The van der Waals surface area contributed by atoms with Crippen LogP contribution in [0.4, 0.5) is 5.69 Å². The first kappa shape index (κ1) is 24.1. The van der Waals surface area contributed by atoms with E-state index in [2.05, 4.69) is 39.3 Å². The van der Waals surface area contributed by atoms with Crippen LogP contribution < -0.4 is 10.6 Å². The Bertz CT molecular complexity index is 1130. The minimum Gasteiger partial charge on any atom is -0.468 e. The van der Waals surface area contributed by atoms with Gasteiger partial charge in [0.1, 0.15) is 5.92 Å². The van der Waals surface area contributed by atoms with Crippen molar-refractivity contribution in [3.05, 3.63) is 73.3 Å². The van der Waals surface area contributed by atoms with E-state index in [1.807, 2.05) is 12.1 Å². The first-order chi connectivity index (χ1) is 15.3. The number of rotatable bonds is 6. The third kappa shape index (κ3) is 5.43. The Morgan fingerprint density at radius 3 is 2.56 bits per heavy atom. The molecule has 2 aromatic rings. The third-order valence-corrected chi connectivity index (χ3v) is 6.78. The topological polar surface area (TPSA) is 108 Å². The van der Waals surface area contributed by atoms with Gasteiger partial charge in [0.15, 0.2) is 0 Å². The van der Waals surface area contributed by atoms with E-state index >= 15 is 0 Å². The molecule has 2 amide bonds. The maximum Gasteiger partial charge on any atom is 0.319 e. The summed E-state index contributed by atoms with van der Waals surface area (Å²) in [5.41, 5.74) is 1.23. The Hall–Kier alpha value is -2.55. The lowest BCUT2D eigenvalue weighted by Crippen LogP contribution is -2.44. The number of benzene rings is 2. The van der Waals surface area contributed by atoms with Crippen LogP contribution in [0.15, 0.2) is 59.1 Å². The molecule has 7 nitrogen and oxygen atoms in total. The van der Waals surface area contributed by atoms with Crippen molar-refractivity contribution in [2.24, 2.45) is 5.92 Å². The molecular formula is C22H17ClIN3O4S. The molecule has 10 heteroatoms. The number of allylic oxidation sites excluding steroid dienone is 1. The van der Waals surface area contributed by atoms with Gasteiger partial charge in [0.25, 0.3) is 0 Å². The quantitative estimate of drug-likeness (QED) is 0.303. The number of nitrogens with zero attached hydrogens (tertiary/aromatic N) is 1. The van der Waals surface area contributed by atoms with Crippen LogP contribution in [-0.4, -0.2) is 30.6 Å². The molecule has 2 unspecified atom stereocenters. The van der Waals surface area contributed by atoms with E-state index < -0.39 is 23.7 Å². The number of nitrogens with one attached hydrogen (secondary N) is 2. The van der Waals surface area contributed by atoms with Gasteiger partial charge in [-0.2, -0.15) is 5.26 Å². The van der Waals surface area contributed by atoms with E-state index in [1.165, 1.54) is 7.11 Å². The summed E-state index contributed by atoms with van der Waals surface area (Å²) < 4.78 is 5.84. The van der Waals surface area contributed by atoms with Crippen molar-refractivity contribution in [1.82, 2.24) is 5.32 Å². The van der Waals surface area contributed by atoms with Crippen molar-refractivity contribution < 1.29 is 19.1 Å². The van der Waals surface area contributed by atoms with E-state index in [9.17, 15) is 19.6 Å². The molecule has 164 valence electrons. The molecule has 0 saturated heterocycles. The van der Waals surface area contributed by atoms with Gasteiger partial charge in [0, 0.05) is 20.2 Å². The predicted molar refractivity (Wildman–Crippen MR) is 131 cm³/mol. The number of carbonyl (C=O) groups is 3. The minimum absolute atomic E-state index is 0.0507. The Balaban J connectivity index is 1.89. The maximum absolute atomic E-state index is 12.8. The van der Waals surface area contributed by atoms with Gasteiger partial charge in [0.2, 0.25) is 11.8 Å². The van der Waals surface area contributed by atoms with Gasteiger partial charge in [-0.1, -0.05) is 41.6 Å². The number of halogens is 2. The Morgan fingerprint density at radius 2 is 1.94 bits per heavy atom. The van der Waals surface area contributed by atoms with Gasteiger partial charge in [-0.3, -0.25) is 14.4 Å². The second-order valence-corrected chi connectivity index (χ2v) is 9.33. The number of amides is 2. The monoisotopic (exact) mass is 581 g/mol. The fourth-order valence-electron chi connectivity index (χ4n) is 3.25. The van der Waals surface area contributed by atoms with Gasteiger partial charge in [-0.15, -0.1) is 0 Å². The van der Waals surface area contributed by atoms with Crippen LogP contribution in [-0.2, 0) is 19.1 Å². The second-order valence-electron chi connectivity index (χ2n) is 6.69. The number of anilines is 1. The Kier molecular flexibility index (Phi) is 8.17. The van der Waals surface area contributed by atoms with Gasteiger partial charge in [0.05, 0.1) is 29.5 Å². The molecule has 0 radical (unpaired) electrons. The fraction of sp³-hybridized carbons (Fsp3) is 0.182. The summed E-state index contributed by atoms with van der Waals surface area (Å²) in [6, 6.07) is 16.1. The molecule has 0 aliphatic carbocycles. The van der Waals surface area contributed by atoms with Crippen LogP contribution in [0.3, 0.4) is 0 Å². The highest BCUT2D eigenvalue weighted by molar-refractivity contribution is 14.1. The fourth-order valence-corrected chi connectivity index (χ4v) is 4.71. The molecule has 1 aliphatic heterocycles. The Labute approximate surface area is 207 Å². The molecule has 0 bridgehead atoms. The summed E-state index contributed by atoms with van der Waals surface area (Å²) in [4.78, 5) is 37.6. The summed E-state index contributed by atoms with van der Waals surface area (Å²) in [6.45, 7) is 0. The zero-order valence-electron chi connectivity index (χ0n) is 16.7. The molecule has 2 atom stereocenters. The molecule has 32 heavy (non-hydrogen) atoms. The molecule has 1 heterocycles. The molecule has 1 aliphatic rings. The first-order valence-electron chi connectivity index (χ1n) is 9.31. The number of ether oxygens (including phenoxy) is 1. The summed E-state index contributed by atoms with van der Waals surface area (Å²) in [7, 11) is 1.17. The summed E-state index contributed by atoms with van der Waals surface area (Å²) in [5.74, 6) is -3.97. The van der Waals surface area contributed by atoms with Crippen LogP contribution in [0.1, 0.15) is 11.5 Å². The molecule has 3 rings (SSSR count). The van der Waals surface area contributed by atoms with Crippen molar-refractivity contribution in [3.8, 4) is 6.07 Å². The molecule has 2 aromatic carbocycles. The molecule has 0 aromatic heterocycles. The van der Waals surface area contributed by atoms with Gasteiger partial charge in [-0.05, 0) is 58.5 Å². The lowest BCUT2D eigenvalue weighted by Gasteiger charge is -2.31. The van der Waals surface area contributed by atoms with Crippen LogP contribution in [0.25, 0.3) is 0 Å². The van der Waals surface area contributed by atoms with E-state index in [4.69, 9.17) is 16.3 Å². The average Bonchev–Trinajstić information content (AvgIpc) is 2.78. The molecule has 0 fully saturated rings. The van der Waals surface area contributed by atoms with E-state index in [-0.39, 0.29) is 22.3 Å². The highest BCUT2D eigenvalue weighted by Crippen LogP contribution is 2.42. The largest absolute Gasteiger partial charge is 0.468 e.